The Balaban J connectivity index is 2.40. The molecule has 0 saturated carbocycles. The van der Waals surface area contributed by atoms with Gasteiger partial charge in [0.2, 0.25) is 10.0 Å². The number of fused-ring (bicyclic) bond motifs is 1. The van der Waals surface area contributed by atoms with Crippen LogP contribution in [-0.2, 0) is 16.4 Å². The molecule has 0 aromatic heterocycles. The monoisotopic (exact) mass is 282 g/mol. The minimum absolute atomic E-state index is 0.146. The van der Waals surface area contributed by atoms with Gasteiger partial charge in [0, 0.05) is 12.2 Å². The number of rotatable bonds is 2. The maximum absolute atomic E-state index is 12.5. The Hall–Kier alpha value is -1.23. The smallest absolute Gasteiger partial charge is 0.235 e. The van der Waals surface area contributed by atoms with Crippen molar-refractivity contribution >= 4 is 21.4 Å². The third kappa shape index (κ3) is 2.86. The molecule has 1 heterocycles. The van der Waals surface area contributed by atoms with Crippen molar-refractivity contribution in [1.29, 1.82) is 0 Å². The number of nitrogens with two attached hydrogens (primary N) is 1. The van der Waals surface area contributed by atoms with Gasteiger partial charge in [0.05, 0.1) is 11.4 Å². The molecule has 1 aliphatic heterocycles. The lowest BCUT2D eigenvalue weighted by molar-refractivity contribution is 0.461. The predicted octanol–water partition coefficient (Wildman–Crippen LogP) is 2.32. The summed E-state index contributed by atoms with van der Waals surface area (Å²) in [5, 5.41) is 0. The molecule has 1 aromatic carbocycles. The van der Waals surface area contributed by atoms with E-state index in [1.807, 2.05) is 33.8 Å². The van der Waals surface area contributed by atoms with Crippen LogP contribution in [0, 0.1) is 12.3 Å². The maximum atomic E-state index is 12.5. The van der Waals surface area contributed by atoms with Crippen molar-refractivity contribution < 1.29 is 8.42 Å². The molecule has 0 bridgehead atoms. The van der Waals surface area contributed by atoms with Crippen LogP contribution in [0.25, 0.3) is 0 Å². The van der Waals surface area contributed by atoms with Crippen LogP contribution in [0.15, 0.2) is 12.1 Å². The van der Waals surface area contributed by atoms with E-state index in [9.17, 15) is 8.42 Å². The van der Waals surface area contributed by atoms with Crippen LogP contribution in [0.2, 0.25) is 0 Å². The third-order valence-electron chi connectivity index (χ3n) is 3.27. The van der Waals surface area contributed by atoms with Crippen molar-refractivity contribution in [2.45, 2.75) is 34.1 Å². The van der Waals surface area contributed by atoms with E-state index in [1.54, 1.807) is 6.07 Å². The van der Waals surface area contributed by atoms with Crippen LogP contribution in [-0.4, -0.2) is 20.7 Å². The molecular weight excluding hydrogens is 260 g/mol. The van der Waals surface area contributed by atoms with Gasteiger partial charge in [-0.1, -0.05) is 26.8 Å². The fourth-order valence-corrected chi connectivity index (χ4v) is 4.55. The standard InChI is InChI=1S/C14H22N2O2S/c1-10-7-11-5-6-16(13(11)8-12(10)15)19(17,18)9-14(2,3)4/h7-8H,5-6,9,15H2,1-4H3. The Morgan fingerprint density at radius 3 is 2.53 bits per heavy atom. The van der Waals surface area contributed by atoms with Gasteiger partial charge in [-0.05, 0) is 36.0 Å². The topological polar surface area (TPSA) is 63.4 Å². The Labute approximate surface area is 115 Å². The van der Waals surface area contributed by atoms with E-state index in [-0.39, 0.29) is 11.2 Å². The highest BCUT2D eigenvalue weighted by molar-refractivity contribution is 7.92. The zero-order chi connectivity index (χ0) is 14.4. The molecular formula is C14H22N2O2S. The van der Waals surface area contributed by atoms with Crippen molar-refractivity contribution in [3.05, 3.63) is 23.3 Å². The Kier molecular flexibility index (Phi) is 3.29. The minimum atomic E-state index is -3.28. The highest BCUT2D eigenvalue weighted by Crippen LogP contribution is 2.35. The number of aryl methyl sites for hydroxylation is 1. The van der Waals surface area contributed by atoms with Gasteiger partial charge < -0.3 is 5.73 Å². The van der Waals surface area contributed by atoms with E-state index in [1.165, 1.54) is 4.31 Å². The summed E-state index contributed by atoms with van der Waals surface area (Å²) in [5.74, 6) is 0.146. The molecule has 106 valence electrons. The lowest BCUT2D eigenvalue weighted by Crippen LogP contribution is -2.35. The molecule has 0 radical (unpaired) electrons. The number of benzene rings is 1. The molecule has 2 N–H and O–H groups in total. The minimum Gasteiger partial charge on any atom is -0.398 e. The second-order valence-corrected chi connectivity index (χ2v) is 8.37. The summed E-state index contributed by atoms with van der Waals surface area (Å²) in [6, 6.07) is 3.79. The SMILES string of the molecule is Cc1cc2c(cc1N)N(S(=O)(=O)CC(C)(C)C)CC2. The van der Waals surface area contributed by atoms with Crippen molar-refractivity contribution in [3.8, 4) is 0 Å². The van der Waals surface area contributed by atoms with Crippen molar-refractivity contribution in [2.75, 3.05) is 22.3 Å². The van der Waals surface area contributed by atoms with Crippen molar-refractivity contribution in [3.63, 3.8) is 0 Å². The Morgan fingerprint density at radius 2 is 1.95 bits per heavy atom. The molecule has 0 aliphatic carbocycles. The number of anilines is 2. The average molecular weight is 282 g/mol. The summed E-state index contributed by atoms with van der Waals surface area (Å²) < 4.78 is 26.5. The van der Waals surface area contributed by atoms with Crippen LogP contribution in [0.1, 0.15) is 31.9 Å². The van der Waals surface area contributed by atoms with Gasteiger partial charge in [-0.15, -0.1) is 0 Å². The highest BCUT2D eigenvalue weighted by Gasteiger charge is 2.33. The molecule has 0 saturated heterocycles. The van der Waals surface area contributed by atoms with Gasteiger partial charge >= 0.3 is 0 Å². The predicted molar refractivity (Wildman–Crippen MR) is 79.9 cm³/mol. The molecule has 4 nitrogen and oxygen atoms in total. The Bertz CT molecular complexity index is 601. The molecule has 0 atom stereocenters. The molecule has 0 spiro atoms. The van der Waals surface area contributed by atoms with E-state index in [0.717, 1.165) is 23.2 Å². The zero-order valence-corrected chi connectivity index (χ0v) is 12.8. The molecule has 0 unspecified atom stereocenters. The van der Waals surface area contributed by atoms with Gasteiger partial charge in [0.1, 0.15) is 0 Å². The van der Waals surface area contributed by atoms with Gasteiger partial charge in [0.25, 0.3) is 0 Å². The average Bonchev–Trinajstić information content (AvgIpc) is 2.58. The summed E-state index contributed by atoms with van der Waals surface area (Å²) in [6.07, 6.45) is 0.764. The summed E-state index contributed by atoms with van der Waals surface area (Å²) in [5.41, 5.74) is 9.14. The number of hydrogen-bond donors (Lipinski definition) is 1. The summed E-state index contributed by atoms with van der Waals surface area (Å²) in [4.78, 5) is 0. The molecule has 1 aliphatic rings. The summed E-state index contributed by atoms with van der Waals surface area (Å²) in [6.45, 7) is 8.28. The lowest BCUT2D eigenvalue weighted by Gasteiger charge is -2.25. The van der Waals surface area contributed by atoms with E-state index in [4.69, 9.17) is 5.73 Å². The third-order valence-corrected chi connectivity index (χ3v) is 5.55. The lowest BCUT2D eigenvalue weighted by atomic mass is 10.0. The molecule has 5 heteroatoms. The van der Waals surface area contributed by atoms with E-state index < -0.39 is 10.0 Å². The largest absolute Gasteiger partial charge is 0.398 e. The molecule has 0 amide bonds. The van der Waals surface area contributed by atoms with E-state index in [2.05, 4.69) is 0 Å². The number of sulfonamides is 1. The highest BCUT2D eigenvalue weighted by atomic mass is 32.2. The van der Waals surface area contributed by atoms with E-state index in [0.29, 0.717) is 12.2 Å². The van der Waals surface area contributed by atoms with Crippen LogP contribution < -0.4 is 10.0 Å². The summed E-state index contributed by atoms with van der Waals surface area (Å²) >= 11 is 0. The molecule has 19 heavy (non-hydrogen) atoms. The second-order valence-electron chi connectivity index (χ2n) is 6.48. The first-order valence-corrected chi connectivity index (χ1v) is 8.10. The first-order valence-electron chi connectivity index (χ1n) is 6.49. The maximum Gasteiger partial charge on any atom is 0.235 e. The first kappa shape index (κ1) is 14.2. The quantitative estimate of drug-likeness (QED) is 0.847. The number of hydrogen-bond acceptors (Lipinski definition) is 3. The zero-order valence-electron chi connectivity index (χ0n) is 12.0. The van der Waals surface area contributed by atoms with Crippen LogP contribution >= 0.6 is 0 Å². The number of nitrogens with zero attached hydrogens (tertiary/aromatic N) is 1. The molecule has 0 fully saturated rings. The Morgan fingerprint density at radius 1 is 1.32 bits per heavy atom. The van der Waals surface area contributed by atoms with Gasteiger partial charge in [-0.2, -0.15) is 0 Å². The molecule has 1 aromatic rings. The van der Waals surface area contributed by atoms with Crippen LogP contribution in [0.5, 0.6) is 0 Å². The first-order chi connectivity index (χ1) is 8.60. The number of nitrogen functional groups attached to an aromatic ring is 1. The fourth-order valence-electron chi connectivity index (χ4n) is 2.46. The van der Waals surface area contributed by atoms with Gasteiger partial charge in [-0.25, -0.2) is 8.42 Å². The van der Waals surface area contributed by atoms with E-state index >= 15 is 0 Å². The fraction of sp³-hybridized carbons (Fsp3) is 0.571. The summed E-state index contributed by atoms with van der Waals surface area (Å²) in [7, 11) is -3.28. The van der Waals surface area contributed by atoms with Crippen LogP contribution in [0.4, 0.5) is 11.4 Å². The molecule has 2 rings (SSSR count). The van der Waals surface area contributed by atoms with Gasteiger partial charge in [-0.3, -0.25) is 4.31 Å². The van der Waals surface area contributed by atoms with Crippen molar-refractivity contribution in [2.24, 2.45) is 5.41 Å². The van der Waals surface area contributed by atoms with Gasteiger partial charge in [0.15, 0.2) is 0 Å². The van der Waals surface area contributed by atoms with Crippen molar-refractivity contribution in [1.82, 2.24) is 0 Å². The normalized spacial score (nSPS) is 15.7. The van der Waals surface area contributed by atoms with Crippen LogP contribution in [0.3, 0.4) is 0 Å². The second kappa shape index (κ2) is 4.40.